The molecule has 1 aromatic rings. The molecule has 1 rings (SSSR count). The molecule has 0 heterocycles. The normalized spacial score (nSPS) is 9.57. The van der Waals surface area contributed by atoms with Gasteiger partial charge >= 0.3 is 0 Å². The van der Waals surface area contributed by atoms with Gasteiger partial charge in [-0.1, -0.05) is 35.9 Å². The summed E-state index contributed by atoms with van der Waals surface area (Å²) in [6.45, 7) is 3.83. The van der Waals surface area contributed by atoms with E-state index < -0.39 is 0 Å². The lowest BCUT2D eigenvalue weighted by atomic mass is 10.2. The fourth-order valence-corrected chi connectivity index (χ4v) is 1.43. The summed E-state index contributed by atoms with van der Waals surface area (Å²) in [5, 5.41) is 0.547. The molecule has 0 radical (unpaired) electrons. The molecular weight excluding hydrogens is 223 g/mol. The van der Waals surface area contributed by atoms with Gasteiger partial charge in [-0.05, 0) is 12.1 Å². The van der Waals surface area contributed by atoms with Crippen molar-refractivity contribution in [3.05, 3.63) is 40.4 Å². The third-order valence-electron chi connectivity index (χ3n) is 1.57. The number of halogens is 2. The Morgan fingerprint density at radius 1 is 1.43 bits per heavy atom. The zero-order valence-corrected chi connectivity index (χ0v) is 8.81. The van der Waals surface area contributed by atoms with Crippen LogP contribution in [0.3, 0.4) is 0 Å². The van der Waals surface area contributed by atoms with Crippen LogP contribution >= 0.6 is 23.2 Å². The smallest absolute Gasteiger partial charge is 0.153 e. The third kappa shape index (κ3) is 2.28. The summed E-state index contributed by atoms with van der Waals surface area (Å²) in [5.74, 6) is 0.429. The molecule has 4 heteroatoms. The van der Waals surface area contributed by atoms with Crippen molar-refractivity contribution in [1.29, 1.82) is 0 Å². The van der Waals surface area contributed by atoms with E-state index in [9.17, 15) is 4.79 Å². The topological polar surface area (TPSA) is 26.3 Å². The molecule has 0 bridgehead atoms. The molecule has 0 aliphatic heterocycles. The van der Waals surface area contributed by atoms with Gasteiger partial charge in [0.1, 0.15) is 12.4 Å². The van der Waals surface area contributed by atoms with Gasteiger partial charge in [-0.15, -0.1) is 0 Å². The van der Waals surface area contributed by atoms with Gasteiger partial charge in [-0.25, -0.2) is 0 Å². The van der Waals surface area contributed by atoms with Gasteiger partial charge in [0, 0.05) is 0 Å². The Balaban J connectivity index is 3.07. The highest BCUT2D eigenvalue weighted by Crippen LogP contribution is 2.32. The molecule has 0 unspecified atom stereocenters. The highest BCUT2D eigenvalue weighted by molar-refractivity contribution is 6.39. The van der Waals surface area contributed by atoms with E-state index in [-0.39, 0.29) is 10.6 Å². The Labute approximate surface area is 92.1 Å². The van der Waals surface area contributed by atoms with Gasteiger partial charge in [-0.3, -0.25) is 4.79 Å². The first-order chi connectivity index (χ1) is 6.70. The van der Waals surface area contributed by atoms with Crippen LogP contribution < -0.4 is 4.74 Å². The van der Waals surface area contributed by atoms with Gasteiger partial charge in [0.05, 0.1) is 15.6 Å². The summed E-state index contributed by atoms with van der Waals surface area (Å²) in [7, 11) is 0. The first kappa shape index (κ1) is 11.1. The van der Waals surface area contributed by atoms with Gasteiger partial charge in [0.25, 0.3) is 0 Å². The van der Waals surface area contributed by atoms with Crippen molar-refractivity contribution >= 4 is 29.5 Å². The number of hydrogen-bond acceptors (Lipinski definition) is 2. The fraction of sp³-hybridized carbons (Fsp3) is 0.100. The van der Waals surface area contributed by atoms with E-state index in [2.05, 4.69) is 6.58 Å². The second kappa shape index (κ2) is 5.03. The molecule has 2 nitrogen and oxygen atoms in total. The van der Waals surface area contributed by atoms with E-state index in [0.29, 0.717) is 23.7 Å². The van der Waals surface area contributed by atoms with E-state index >= 15 is 0 Å². The molecule has 0 aliphatic rings. The van der Waals surface area contributed by atoms with Gasteiger partial charge in [0.15, 0.2) is 6.29 Å². The van der Waals surface area contributed by atoms with Gasteiger partial charge < -0.3 is 4.74 Å². The Bertz CT molecular complexity index is 361. The molecule has 0 atom stereocenters. The Morgan fingerprint density at radius 2 is 2.14 bits per heavy atom. The zero-order valence-electron chi connectivity index (χ0n) is 7.30. The van der Waals surface area contributed by atoms with Crippen molar-refractivity contribution in [3.8, 4) is 5.75 Å². The van der Waals surface area contributed by atoms with Crippen molar-refractivity contribution in [1.82, 2.24) is 0 Å². The monoisotopic (exact) mass is 230 g/mol. The van der Waals surface area contributed by atoms with Crippen LogP contribution in [0.4, 0.5) is 0 Å². The zero-order chi connectivity index (χ0) is 10.6. The average Bonchev–Trinajstić information content (AvgIpc) is 2.18. The Hall–Kier alpha value is -0.990. The van der Waals surface area contributed by atoms with E-state index in [1.807, 2.05) is 0 Å². The van der Waals surface area contributed by atoms with Crippen LogP contribution in [0.1, 0.15) is 10.4 Å². The maximum atomic E-state index is 10.6. The van der Waals surface area contributed by atoms with Crippen LogP contribution in [0, 0.1) is 0 Å². The average molecular weight is 231 g/mol. The van der Waals surface area contributed by atoms with Gasteiger partial charge in [0.2, 0.25) is 0 Å². The van der Waals surface area contributed by atoms with Crippen LogP contribution in [-0.2, 0) is 0 Å². The number of hydrogen-bond donors (Lipinski definition) is 0. The third-order valence-corrected chi connectivity index (χ3v) is 2.29. The summed E-state index contributed by atoms with van der Waals surface area (Å²) in [5.41, 5.74) is 0.245. The minimum atomic E-state index is 0.231. The summed E-state index contributed by atoms with van der Waals surface area (Å²) >= 11 is 11.6. The maximum absolute atomic E-state index is 10.6. The minimum absolute atomic E-state index is 0.231. The summed E-state index contributed by atoms with van der Waals surface area (Å²) in [4.78, 5) is 10.6. The summed E-state index contributed by atoms with van der Waals surface area (Å²) < 4.78 is 5.22. The quantitative estimate of drug-likeness (QED) is 0.586. The molecule has 0 aliphatic carbocycles. The second-order valence-electron chi connectivity index (χ2n) is 2.49. The first-order valence-corrected chi connectivity index (χ1v) is 4.63. The molecule has 0 aromatic heterocycles. The SMILES string of the molecule is C=CCOc1ccc(Cl)c(C=O)c1Cl. The highest BCUT2D eigenvalue weighted by Gasteiger charge is 2.10. The standard InChI is InChI=1S/C10H8Cl2O2/c1-2-5-14-9-4-3-8(11)7(6-13)10(9)12/h2-4,6H,1,5H2. The van der Waals surface area contributed by atoms with E-state index in [1.54, 1.807) is 18.2 Å². The summed E-state index contributed by atoms with van der Waals surface area (Å²) in [6, 6.07) is 3.18. The molecular formula is C10H8Cl2O2. The van der Waals surface area contributed by atoms with E-state index in [1.165, 1.54) is 0 Å². The van der Waals surface area contributed by atoms with Crippen molar-refractivity contribution in [3.63, 3.8) is 0 Å². The maximum Gasteiger partial charge on any atom is 0.153 e. The number of aldehydes is 1. The van der Waals surface area contributed by atoms with E-state index in [0.717, 1.165) is 0 Å². The number of carbonyl (C=O) groups excluding carboxylic acids is 1. The second-order valence-corrected chi connectivity index (χ2v) is 3.28. The number of carbonyl (C=O) groups is 1. The summed E-state index contributed by atoms with van der Waals surface area (Å²) in [6.07, 6.45) is 2.19. The first-order valence-electron chi connectivity index (χ1n) is 3.87. The predicted octanol–water partition coefficient (Wildman–Crippen LogP) is 3.37. The van der Waals surface area contributed by atoms with Gasteiger partial charge in [-0.2, -0.15) is 0 Å². The molecule has 0 amide bonds. The molecule has 0 N–H and O–H groups in total. The molecule has 0 spiro atoms. The number of ether oxygens (including phenoxy) is 1. The Morgan fingerprint density at radius 3 is 2.71 bits per heavy atom. The van der Waals surface area contributed by atoms with E-state index in [4.69, 9.17) is 27.9 Å². The molecule has 1 aromatic carbocycles. The largest absolute Gasteiger partial charge is 0.488 e. The lowest BCUT2D eigenvalue weighted by Gasteiger charge is -2.07. The minimum Gasteiger partial charge on any atom is -0.488 e. The molecule has 0 saturated heterocycles. The molecule has 74 valence electrons. The van der Waals surface area contributed by atoms with Crippen LogP contribution in [0.15, 0.2) is 24.8 Å². The molecule has 0 fully saturated rings. The van der Waals surface area contributed by atoms with Crippen LogP contribution in [0.5, 0.6) is 5.75 Å². The highest BCUT2D eigenvalue weighted by atomic mass is 35.5. The van der Waals surface area contributed by atoms with Crippen molar-refractivity contribution in [2.45, 2.75) is 0 Å². The van der Waals surface area contributed by atoms with Crippen LogP contribution in [0.2, 0.25) is 10.0 Å². The number of rotatable bonds is 4. The number of benzene rings is 1. The molecule has 0 saturated carbocycles. The van der Waals surface area contributed by atoms with Crippen LogP contribution in [-0.4, -0.2) is 12.9 Å². The Kier molecular flexibility index (Phi) is 3.98. The van der Waals surface area contributed by atoms with Crippen molar-refractivity contribution < 1.29 is 9.53 Å². The van der Waals surface area contributed by atoms with Crippen LogP contribution in [0.25, 0.3) is 0 Å². The molecule has 14 heavy (non-hydrogen) atoms. The lowest BCUT2D eigenvalue weighted by molar-refractivity contribution is 0.112. The fourth-order valence-electron chi connectivity index (χ4n) is 0.918. The predicted molar refractivity (Wildman–Crippen MR) is 57.5 cm³/mol. The van der Waals surface area contributed by atoms with Crippen molar-refractivity contribution in [2.24, 2.45) is 0 Å². The lowest BCUT2D eigenvalue weighted by Crippen LogP contribution is -1.95. The van der Waals surface area contributed by atoms with Crippen molar-refractivity contribution in [2.75, 3.05) is 6.61 Å².